The van der Waals surface area contributed by atoms with E-state index in [4.69, 9.17) is 14.6 Å². The topological polar surface area (TPSA) is 118 Å². The molecule has 1 aliphatic rings. The maximum atomic E-state index is 11.2. The molecule has 0 spiro atoms. The first-order valence-electron chi connectivity index (χ1n) is 5.86. The van der Waals surface area contributed by atoms with Crippen molar-refractivity contribution >= 4 is 18.5 Å². The van der Waals surface area contributed by atoms with Crippen molar-refractivity contribution in [3.05, 3.63) is 0 Å². The number of hydrogen-bond donors (Lipinski definition) is 1. The third-order valence-corrected chi connectivity index (χ3v) is 2.78. The molecule has 0 heterocycles. The Morgan fingerprint density at radius 2 is 1.40 bits per heavy atom. The van der Waals surface area contributed by atoms with E-state index in [1.165, 1.54) is 0 Å². The number of ether oxygens (including phenoxy) is 5. The molecule has 0 amide bonds. The van der Waals surface area contributed by atoms with Crippen molar-refractivity contribution < 1.29 is 43.2 Å². The lowest BCUT2D eigenvalue weighted by atomic mass is 9.91. The van der Waals surface area contributed by atoms with Crippen LogP contribution in [0.15, 0.2) is 0 Å². The molecule has 0 radical (unpaired) electrons. The van der Waals surface area contributed by atoms with Crippen LogP contribution in [0.2, 0.25) is 0 Å². The van der Waals surface area contributed by atoms with E-state index in [0.29, 0.717) is 19.3 Å². The predicted molar refractivity (Wildman–Crippen MR) is 61.3 cm³/mol. The van der Waals surface area contributed by atoms with E-state index >= 15 is 0 Å². The monoisotopic (exact) mass is 292 g/mol. The zero-order valence-corrected chi connectivity index (χ0v) is 11.1. The van der Waals surface area contributed by atoms with E-state index in [-0.39, 0.29) is 0 Å². The minimum Gasteiger partial charge on any atom is -0.450 e. The van der Waals surface area contributed by atoms with Crippen molar-refractivity contribution in [2.45, 2.75) is 37.6 Å². The zero-order chi connectivity index (χ0) is 15.1. The molecule has 0 bridgehead atoms. The second-order valence-electron chi connectivity index (χ2n) is 4.00. The number of carbonyl (C=O) groups is 3. The van der Waals surface area contributed by atoms with Crippen molar-refractivity contribution in [3.8, 4) is 0 Å². The van der Waals surface area contributed by atoms with Crippen molar-refractivity contribution in [2.75, 3.05) is 14.2 Å². The van der Waals surface area contributed by atoms with Crippen LogP contribution >= 0.6 is 0 Å². The molecule has 0 aliphatic heterocycles. The molecule has 0 aromatic rings. The van der Waals surface area contributed by atoms with E-state index in [9.17, 15) is 14.4 Å². The van der Waals surface area contributed by atoms with Crippen LogP contribution in [-0.4, -0.2) is 56.1 Å². The van der Waals surface area contributed by atoms with Gasteiger partial charge >= 0.3 is 18.5 Å². The van der Waals surface area contributed by atoms with Gasteiger partial charge in [0.25, 0.3) is 0 Å². The van der Waals surface area contributed by atoms with Crippen molar-refractivity contribution in [3.63, 3.8) is 0 Å². The molecule has 1 N–H and O–H groups in total. The Morgan fingerprint density at radius 1 is 0.900 bits per heavy atom. The lowest BCUT2D eigenvalue weighted by Crippen LogP contribution is -2.48. The summed E-state index contributed by atoms with van der Waals surface area (Å²) in [6.07, 6.45) is -5.08. The summed E-state index contributed by atoms with van der Waals surface area (Å²) in [6.45, 7) is 0. The lowest BCUT2D eigenvalue weighted by Gasteiger charge is -2.34. The fourth-order valence-corrected chi connectivity index (χ4v) is 1.95. The van der Waals surface area contributed by atoms with Crippen LogP contribution in [0.4, 0.5) is 14.4 Å². The Kier molecular flexibility index (Phi) is 5.88. The molecule has 0 aromatic heterocycles. The summed E-state index contributed by atoms with van der Waals surface area (Å²) in [5.41, 5.74) is 0. The molecule has 9 heteroatoms. The highest BCUT2D eigenvalue weighted by Gasteiger charge is 2.41. The molecule has 20 heavy (non-hydrogen) atoms. The van der Waals surface area contributed by atoms with Crippen LogP contribution in [-0.2, 0) is 23.7 Å². The van der Waals surface area contributed by atoms with Crippen LogP contribution in [0, 0.1) is 0 Å². The van der Waals surface area contributed by atoms with Crippen molar-refractivity contribution in [2.24, 2.45) is 0 Å². The van der Waals surface area contributed by atoms with Crippen LogP contribution < -0.4 is 0 Å². The van der Waals surface area contributed by atoms with Gasteiger partial charge in [-0.25, -0.2) is 14.4 Å². The molecule has 1 aliphatic carbocycles. The Balaban J connectivity index is 2.80. The summed E-state index contributed by atoms with van der Waals surface area (Å²) in [7, 11) is 2.24. The van der Waals surface area contributed by atoms with Crippen LogP contribution in [0.3, 0.4) is 0 Å². The van der Waals surface area contributed by atoms with Gasteiger partial charge in [-0.1, -0.05) is 0 Å². The Bertz CT molecular complexity index is 367. The maximum absolute atomic E-state index is 11.2. The van der Waals surface area contributed by atoms with Crippen molar-refractivity contribution in [1.82, 2.24) is 0 Å². The predicted octanol–water partition coefficient (Wildman–Crippen LogP) is 1.54. The number of carboxylic acid groups (broad SMARTS) is 1. The van der Waals surface area contributed by atoms with Gasteiger partial charge in [-0.3, -0.25) is 0 Å². The minimum atomic E-state index is -1.51. The Labute approximate surface area is 114 Å². The van der Waals surface area contributed by atoms with Gasteiger partial charge in [0.1, 0.15) is 12.2 Å². The molecule has 3 unspecified atom stereocenters. The summed E-state index contributed by atoms with van der Waals surface area (Å²) in [5.74, 6) is 0. The highest BCUT2D eigenvalue weighted by Crippen LogP contribution is 2.27. The van der Waals surface area contributed by atoms with Gasteiger partial charge in [-0.05, 0) is 19.3 Å². The largest absolute Gasteiger partial charge is 0.508 e. The lowest BCUT2D eigenvalue weighted by molar-refractivity contribution is -0.120. The summed E-state index contributed by atoms with van der Waals surface area (Å²) >= 11 is 0. The number of methoxy groups -OCH3 is 2. The quantitative estimate of drug-likeness (QED) is 0.610. The molecular formula is C11H16O9. The maximum Gasteiger partial charge on any atom is 0.508 e. The van der Waals surface area contributed by atoms with E-state index in [0.717, 1.165) is 14.2 Å². The van der Waals surface area contributed by atoms with Gasteiger partial charge in [-0.15, -0.1) is 0 Å². The Morgan fingerprint density at radius 3 is 1.90 bits per heavy atom. The molecule has 0 saturated heterocycles. The molecule has 1 rings (SSSR count). The smallest absolute Gasteiger partial charge is 0.450 e. The third-order valence-electron chi connectivity index (χ3n) is 2.78. The van der Waals surface area contributed by atoms with Gasteiger partial charge in [0, 0.05) is 0 Å². The first kappa shape index (κ1) is 15.9. The first-order valence-corrected chi connectivity index (χ1v) is 5.86. The van der Waals surface area contributed by atoms with Gasteiger partial charge in [-0.2, -0.15) is 0 Å². The summed E-state index contributed by atoms with van der Waals surface area (Å²) in [4.78, 5) is 33.0. The molecular weight excluding hydrogens is 276 g/mol. The highest BCUT2D eigenvalue weighted by atomic mass is 16.8. The van der Waals surface area contributed by atoms with E-state index < -0.39 is 36.8 Å². The molecule has 114 valence electrons. The fourth-order valence-electron chi connectivity index (χ4n) is 1.95. The molecule has 1 fully saturated rings. The fraction of sp³-hybridized carbons (Fsp3) is 0.727. The average molecular weight is 292 g/mol. The normalized spacial score (nSPS) is 25.2. The number of hydrogen-bond acceptors (Lipinski definition) is 8. The minimum absolute atomic E-state index is 0.342. The Hall–Kier alpha value is -2.19. The summed E-state index contributed by atoms with van der Waals surface area (Å²) in [5, 5.41) is 8.66. The second-order valence-corrected chi connectivity index (χ2v) is 4.00. The number of carbonyl (C=O) groups excluding carboxylic acids is 2. The van der Waals surface area contributed by atoms with Crippen LogP contribution in [0.25, 0.3) is 0 Å². The SMILES string of the molecule is COC(=O)OC1CCCC(OC(=O)O)C1OC(=O)OC. The molecule has 0 aromatic carbocycles. The van der Waals surface area contributed by atoms with Gasteiger partial charge in [0.05, 0.1) is 14.2 Å². The number of rotatable bonds is 3. The molecule has 3 atom stereocenters. The van der Waals surface area contributed by atoms with Gasteiger partial charge < -0.3 is 28.8 Å². The second kappa shape index (κ2) is 7.41. The average Bonchev–Trinajstić information content (AvgIpc) is 2.41. The summed E-state index contributed by atoms with van der Waals surface area (Å²) < 4.78 is 23.2. The van der Waals surface area contributed by atoms with Crippen LogP contribution in [0.5, 0.6) is 0 Å². The van der Waals surface area contributed by atoms with Gasteiger partial charge in [0.15, 0.2) is 6.10 Å². The third kappa shape index (κ3) is 4.48. The molecule has 9 nitrogen and oxygen atoms in total. The van der Waals surface area contributed by atoms with E-state index in [2.05, 4.69) is 14.2 Å². The van der Waals surface area contributed by atoms with Crippen molar-refractivity contribution in [1.29, 1.82) is 0 Å². The van der Waals surface area contributed by atoms with Crippen LogP contribution in [0.1, 0.15) is 19.3 Å². The van der Waals surface area contributed by atoms with Gasteiger partial charge in [0.2, 0.25) is 0 Å². The first-order chi connectivity index (χ1) is 9.47. The van der Waals surface area contributed by atoms with E-state index in [1.807, 2.05) is 0 Å². The molecule has 1 saturated carbocycles. The van der Waals surface area contributed by atoms with E-state index in [1.54, 1.807) is 0 Å². The highest BCUT2D eigenvalue weighted by molar-refractivity contribution is 5.61. The summed E-state index contributed by atoms with van der Waals surface area (Å²) in [6, 6.07) is 0. The standard InChI is InChI=1S/C11H16O9/c1-16-10(14)19-7-5-3-4-6(18-9(12)13)8(7)20-11(15)17-2/h6-8H,3-5H2,1-2H3,(H,12,13). The zero-order valence-electron chi connectivity index (χ0n) is 11.1.